The van der Waals surface area contributed by atoms with Crippen molar-refractivity contribution in [2.45, 2.75) is 31.9 Å². The normalized spacial score (nSPS) is 21.5. The molecule has 30 heavy (non-hydrogen) atoms. The van der Waals surface area contributed by atoms with Crippen LogP contribution in [0.25, 0.3) is 0 Å². The summed E-state index contributed by atoms with van der Waals surface area (Å²) in [6, 6.07) is 5.32. The number of anilines is 2. The van der Waals surface area contributed by atoms with Crippen molar-refractivity contribution in [3.05, 3.63) is 24.0 Å². The Morgan fingerprint density at radius 2 is 2.00 bits per heavy atom. The molecule has 10 heteroatoms. The molecule has 2 aliphatic heterocycles. The Hall–Kier alpha value is -2.62. The van der Waals surface area contributed by atoms with Crippen LogP contribution >= 0.6 is 12.2 Å². The number of halogens is 1. The molecule has 2 heterocycles. The highest BCUT2D eigenvalue weighted by Crippen LogP contribution is 2.28. The van der Waals surface area contributed by atoms with Crippen LogP contribution in [-0.4, -0.2) is 73.4 Å². The first-order chi connectivity index (χ1) is 14.4. The lowest BCUT2D eigenvalue weighted by molar-refractivity contribution is -0.119. The van der Waals surface area contributed by atoms with Gasteiger partial charge in [0.05, 0.1) is 24.5 Å². The summed E-state index contributed by atoms with van der Waals surface area (Å²) < 4.78 is 20.1. The summed E-state index contributed by atoms with van der Waals surface area (Å²) in [5, 5.41) is 6.76. The van der Waals surface area contributed by atoms with Gasteiger partial charge in [0, 0.05) is 39.1 Å². The minimum atomic E-state index is -0.539. The Balaban J connectivity index is 1.35. The topological polar surface area (TPSA) is 77.2 Å². The molecule has 0 aromatic heterocycles. The third-order valence-corrected chi connectivity index (χ3v) is 5.88. The lowest BCUT2D eigenvalue weighted by Crippen LogP contribution is -2.52. The maximum absolute atomic E-state index is 14.9. The van der Waals surface area contributed by atoms with Crippen molar-refractivity contribution in [1.82, 2.24) is 15.5 Å². The van der Waals surface area contributed by atoms with Gasteiger partial charge in [-0.1, -0.05) is 0 Å². The van der Waals surface area contributed by atoms with Gasteiger partial charge in [0.25, 0.3) is 0 Å². The SMILES string of the molecule is CC(=O)NC[C@H]1CN(c2ccc(N3CCN(C(=S)NC4CC4)CC3)c(F)c2)C(=O)O1. The number of hydrogen-bond donors (Lipinski definition) is 2. The summed E-state index contributed by atoms with van der Waals surface area (Å²) in [5.41, 5.74) is 0.960. The standard InChI is InChI=1S/C20H26FN5O3S/c1-13(27)22-11-16-12-26(20(28)29-16)15-4-5-18(17(21)10-15)24-6-8-25(9-7-24)19(30)23-14-2-3-14/h4-5,10,14,16H,2-3,6-9,11-12H2,1H3,(H,22,27)(H,23,30)/t16-/m0/s1. The highest BCUT2D eigenvalue weighted by atomic mass is 32.1. The third kappa shape index (κ3) is 4.75. The maximum Gasteiger partial charge on any atom is 0.414 e. The fraction of sp³-hybridized carbons (Fsp3) is 0.550. The van der Waals surface area contributed by atoms with Crippen LogP contribution < -0.4 is 20.4 Å². The van der Waals surface area contributed by atoms with Gasteiger partial charge >= 0.3 is 6.09 Å². The van der Waals surface area contributed by atoms with E-state index in [9.17, 15) is 14.0 Å². The van der Waals surface area contributed by atoms with E-state index in [0.717, 1.165) is 18.2 Å². The molecular formula is C20H26FN5O3S. The molecule has 3 fully saturated rings. The van der Waals surface area contributed by atoms with Crippen LogP contribution in [-0.2, 0) is 9.53 Å². The fourth-order valence-corrected chi connectivity index (χ4v) is 4.01. The van der Waals surface area contributed by atoms with Crippen LogP contribution in [0.5, 0.6) is 0 Å². The maximum atomic E-state index is 14.9. The van der Waals surface area contributed by atoms with Crippen molar-refractivity contribution in [1.29, 1.82) is 0 Å². The largest absolute Gasteiger partial charge is 0.442 e. The minimum absolute atomic E-state index is 0.191. The molecule has 8 nitrogen and oxygen atoms in total. The van der Waals surface area contributed by atoms with E-state index in [1.807, 2.05) is 4.90 Å². The van der Waals surface area contributed by atoms with E-state index in [2.05, 4.69) is 15.5 Å². The van der Waals surface area contributed by atoms with Gasteiger partial charge in [-0.25, -0.2) is 9.18 Å². The van der Waals surface area contributed by atoms with E-state index in [-0.39, 0.29) is 24.8 Å². The zero-order chi connectivity index (χ0) is 21.3. The van der Waals surface area contributed by atoms with Crippen molar-refractivity contribution >= 4 is 40.7 Å². The molecule has 1 aromatic rings. The number of rotatable bonds is 5. The number of thiocarbonyl (C=S) groups is 1. The lowest BCUT2D eigenvalue weighted by Gasteiger charge is -2.37. The monoisotopic (exact) mass is 435 g/mol. The molecule has 1 aromatic carbocycles. The average Bonchev–Trinajstić information content (AvgIpc) is 3.46. The molecule has 1 saturated carbocycles. The Kier molecular flexibility index (Phi) is 5.94. The molecule has 0 radical (unpaired) electrons. The highest BCUT2D eigenvalue weighted by Gasteiger charge is 2.33. The Labute approximate surface area is 180 Å². The molecule has 2 saturated heterocycles. The number of nitrogens with one attached hydrogen (secondary N) is 2. The van der Waals surface area contributed by atoms with Crippen LogP contribution in [0.4, 0.5) is 20.6 Å². The van der Waals surface area contributed by atoms with E-state index >= 15 is 0 Å². The number of nitrogens with zero attached hydrogens (tertiary/aromatic N) is 3. The number of amides is 2. The zero-order valence-corrected chi connectivity index (χ0v) is 17.7. The summed E-state index contributed by atoms with van der Waals surface area (Å²) in [6.45, 7) is 4.73. The first kappa shape index (κ1) is 20.6. The summed E-state index contributed by atoms with van der Waals surface area (Å²) in [5.74, 6) is -0.568. The molecule has 4 rings (SSSR count). The van der Waals surface area contributed by atoms with Gasteiger partial charge in [0.1, 0.15) is 11.9 Å². The first-order valence-electron chi connectivity index (χ1n) is 10.2. The van der Waals surface area contributed by atoms with Crippen molar-refractivity contribution < 1.29 is 18.7 Å². The van der Waals surface area contributed by atoms with E-state index in [1.165, 1.54) is 30.7 Å². The molecule has 0 bridgehead atoms. The van der Waals surface area contributed by atoms with Crippen LogP contribution in [0, 0.1) is 5.82 Å². The summed E-state index contributed by atoms with van der Waals surface area (Å²) >= 11 is 5.45. The molecule has 0 unspecified atom stereocenters. The Morgan fingerprint density at radius 3 is 2.63 bits per heavy atom. The predicted molar refractivity (Wildman–Crippen MR) is 115 cm³/mol. The molecule has 0 spiro atoms. The van der Waals surface area contributed by atoms with E-state index < -0.39 is 12.2 Å². The van der Waals surface area contributed by atoms with Gasteiger partial charge in [-0.15, -0.1) is 0 Å². The number of benzene rings is 1. The first-order valence-corrected chi connectivity index (χ1v) is 10.6. The average molecular weight is 436 g/mol. The fourth-order valence-electron chi connectivity index (χ4n) is 3.66. The van der Waals surface area contributed by atoms with Crippen LogP contribution in [0.2, 0.25) is 0 Å². The molecule has 1 aliphatic carbocycles. The number of ether oxygens (including phenoxy) is 1. The van der Waals surface area contributed by atoms with Gasteiger partial charge in [-0.3, -0.25) is 9.69 Å². The van der Waals surface area contributed by atoms with Crippen LogP contribution in [0.15, 0.2) is 18.2 Å². The third-order valence-electron chi connectivity index (χ3n) is 5.51. The molecule has 2 amide bonds. The highest BCUT2D eigenvalue weighted by molar-refractivity contribution is 7.80. The van der Waals surface area contributed by atoms with Crippen molar-refractivity contribution in [3.8, 4) is 0 Å². The van der Waals surface area contributed by atoms with Crippen molar-refractivity contribution in [2.24, 2.45) is 0 Å². The summed E-state index contributed by atoms with van der Waals surface area (Å²) in [4.78, 5) is 28.7. The molecule has 162 valence electrons. The molecule has 1 atom stereocenters. The molecule has 2 N–H and O–H groups in total. The van der Waals surface area contributed by atoms with Gasteiger partial charge in [-0.2, -0.15) is 0 Å². The Morgan fingerprint density at radius 1 is 1.27 bits per heavy atom. The number of cyclic esters (lactones) is 1. The van der Waals surface area contributed by atoms with Crippen molar-refractivity contribution in [3.63, 3.8) is 0 Å². The quantitative estimate of drug-likeness (QED) is 0.678. The van der Waals surface area contributed by atoms with Crippen molar-refractivity contribution in [2.75, 3.05) is 49.1 Å². The van der Waals surface area contributed by atoms with Crippen LogP contribution in [0.3, 0.4) is 0 Å². The number of carbonyl (C=O) groups is 2. The van der Waals surface area contributed by atoms with Gasteiger partial charge < -0.3 is 25.2 Å². The second-order valence-electron chi connectivity index (χ2n) is 7.89. The number of hydrogen-bond acceptors (Lipinski definition) is 5. The summed E-state index contributed by atoms with van der Waals surface area (Å²) in [7, 11) is 0. The van der Waals surface area contributed by atoms with E-state index in [1.54, 1.807) is 12.1 Å². The molecule has 3 aliphatic rings. The minimum Gasteiger partial charge on any atom is -0.442 e. The predicted octanol–water partition coefficient (Wildman–Crippen LogP) is 1.45. The van der Waals surface area contributed by atoms with Gasteiger partial charge in [-0.05, 0) is 43.3 Å². The Bertz CT molecular complexity index is 842. The number of carbonyl (C=O) groups excluding carboxylic acids is 2. The summed E-state index contributed by atoms with van der Waals surface area (Å²) in [6.07, 6.45) is 1.36. The van der Waals surface area contributed by atoms with Crippen LogP contribution in [0.1, 0.15) is 19.8 Å². The molecular weight excluding hydrogens is 409 g/mol. The zero-order valence-electron chi connectivity index (χ0n) is 16.9. The second-order valence-corrected chi connectivity index (χ2v) is 8.27. The second kappa shape index (κ2) is 8.63. The lowest BCUT2D eigenvalue weighted by atomic mass is 10.2. The smallest absolute Gasteiger partial charge is 0.414 e. The van der Waals surface area contributed by atoms with E-state index in [0.29, 0.717) is 30.5 Å². The van der Waals surface area contributed by atoms with E-state index in [4.69, 9.17) is 17.0 Å². The van der Waals surface area contributed by atoms with Gasteiger partial charge in [0.15, 0.2) is 5.11 Å². The number of piperazine rings is 1. The van der Waals surface area contributed by atoms with Gasteiger partial charge in [0.2, 0.25) is 5.91 Å².